The smallest absolute Gasteiger partial charge is 0.253 e. The SMILES string of the molecule is Cc1ccc2nc(-c3ccc(C4CC(C(N)=O)CCN4S(=O)(=O)c4cccs4)cc3)sc2c1. The van der Waals surface area contributed by atoms with Crippen LogP contribution in [0.4, 0.5) is 0 Å². The van der Waals surface area contributed by atoms with Crippen LogP contribution in [-0.2, 0) is 14.8 Å². The van der Waals surface area contributed by atoms with E-state index >= 15 is 0 Å². The summed E-state index contributed by atoms with van der Waals surface area (Å²) in [6.07, 6.45) is 0.805. The fraction of sp³-hybridized carbons (Fsp3) is 0.250. The van der Waals surface area contributed by atoms with E-state index in [4.69, 9.17) is 10.7 Å². The first-order valence-electron chi connectivity index (χ1n) is 10.6. The molecule has 3 heterocycles. The van der Waals surface area contributed by atoms with Gasteiger partial charge in [0.1, 0.15) is 9.22 Å². The molecule has 0 bridgehead atoms. The van der Waals surface area contributed by atoms with Gasteiger partial charge in [-0.2, -0.15) is 4.31 Å². The number of thiophene rings is 1. The number of rotatable bonds is 5. The van der Waals surface area contributed by atoms with E-state index in [-0.39, 0.29) is 18.4 Å². The zero-order valence-corrected chi connectivity index (χ0v) is 20.4. The van der Waals surface area contributed by atoms with Crippen molar-refractivity contribution in [3.05, 3.63) is 71.1 Å². The third-order valence-electron chi connectivity index (χ3n) is 6.10. The fourth-order valence-electron chi connectivity index (χ4n) is 4.32. The van der Waals surface area contributed by atoms with Crippen molar-refractivity contribution in [2.75, 3.05) is 6.54 Å². The molecule has 170 valence electrons. The zero-order chi connectivity index (χ0) is 23.2. The fourth-order valence-corrected chi connectivity index (χ4v) is 8.15. The second kappa shape index (κ2) is 8.64. The van der Waals surface area contributed by atoms with Crippen molar-refractivity contribution in [2.45, 2.75) is 30.0 Å². The number of amides is 1. The topological polar surface area (TPSA) is 93.4 Å². The van der Waals surface area contributed by atoms with Crippen LogP contribution < -0.4 is 5.73 Å². The molecule has 1 aliphatic heterocycles. The van der Waals surface area contributed by atoms with Crippen molar-refractivity contribution >= 4 is 48.8 Å². The van der Waals surface area contributed by atoms with E-state index in [1.54, 1.807) is 28.8 Å². The lowest BCUT2D eigenvalue weighted by Crippen LogP contribution is -2.43. The lowest BCUT2D eigenvalue weighted by molar-refractivity contribution is -0.123. The van der Waals surface area contributed by atoms with Crippen LogP contribution in [0.2, 0.25) is 0 Å². The summed E-state index contributed by atoms with van der Waals surface area (Å²) >= 11 is 2.84. The molecule has 9 heteroatoms. The van der Waals surface area contributed by atoms with Crippen molar-refractivity contribution < 1.29 is 13.2 Å². The van der Waals surface area contributed by atoms with Crippen molar-refractivity contribution in [1.82, 2.24) is 9.29 Å². The highest BCUT2D eigenvalue weighted by atomic mass is 32.2. The molecule has 4 aromatic rings. The summed E-state index contributed by atoms with van der Waals surface area (Å²) in [5.41, 5.74) is 9.58. The molecule has 1 fully saturated rings. The summed E-state index contributed by atoms with van der Waals surface area (Å²) < 4.78 is 29.6. The number of hydrogen-bond acceptors (Lipinski definition) is 6. The largest absolute Gasteiger partial charge is 0.369 e. The minimum absolute atomic E-state index is 0.261. The zero-order valence-electron chi connectivity index (χ0n) is 18.0. The van der Waals surface area contributed by atoms with Crippen LogP contribution in [0, 0.1) is 12.8 Å². The Hall–Kier alpha value is -2.59. The molecule has 0 spiro atoms. The summed E-state index contributed by atoms with van der Waals surface area (Å²) in [6, 6.07) is 16.9. The maximum absolute atomic E-state index is 13.3. The highest BCUT2D eigenvalue weighted by Crippen LogP contribution is 2.40. The second-order valence-electron chi connectivity index (χ2n) is 8.30. The Balaban J connectivity index is 1.49. The summed E-state index contributed by atoms with van der Waals surface area (Å²) in [4.78, 5) is 16.7. The number of nitrogens with zero attached hydrogens (tertiary/aromatic N) is 2. The first-order valence-corrected chi connectivity index (χ1v) is 13.8. The van der Waals surface area contributed by atoms with Gasteiger partial charge >= 0.3 is 0 Å². The van der Waals surface area contributed by atoms with Gasteiger partial charge in [-0.3, -0.25) is 4.79 Å². The van der Waals surface area contributed by atoms with E-state index in [1.807, 2.05) is 30.3 Å². The normalized spacial score (nSPS) is 19.7. The molecule has 2 unspecified atom stereocenters. The molecular weight excluding hydrogens is 474 g/mol. The molecule has 0 saturated carbocycles. The maximum atomic E-state index is 13.3. The van der Waals surface area contributed by atoms with Gasteiger partial charge < -0.3 is 5.73 Å². The van der Waals surface area contributed by atoms with Gasteiger partial charge in [0.15, 0.2) is 0 Å². The maximum Gasteiger partial charge on any atom is 0.253 e. The molecule has 2 atom stereocenters. The van der Waals surface area contributed by atoms with E-state index in [0.717, 1.165) is 26.4 Å². The summed E-state index contributed by atoms with van der Waals surface area (Å²) in [6.45, 7) is 2.32. The number of hydrogen-bond donors (Lipinski definition) is 1. The van der Waals surface area contributed by atoms with Crippen LogP contribution in [0.5, 0.6) is 0 Å². The number of sulfonamides is 1. The number of fused-ring (bicyclic) bond motifs is 1. The lowest BCUT2D eigenvalue weighted by atomic mass is 9.88. The van der Waals surface area contributed by atoms with Crippen molar-refractivity contribution in [2.24, 2.45) is 11.7 Å². The Kier molecular flexibility index (Phi) is 5.82. The Labute approximate surface area is 200 Å². The van der Waals surface area contributed by atoms with Crippen LogP contribution in [0.15, 0.2) is 64.2 Å². The number of aryl methyl sites for hydroxylation is 1. The highest BCUT2D eigenvalue weighted by molar-refractivity contribution is 7.91. The first kappa shape index (κ1) is 22.2. The van der Waals surface area contributed by atoms with Crippen molar-refractivity contribution in [3.8, 4) is 10.6 Å². The Morgan fingerprint density at radius 2 is 1.94 bits per heavy atom. The van der Waals surface area contributed by atoms with Crippen LogP contribution in [-0.4, -0.2) is 30.2 Å². The number of primary amides is 1. The summed E-state index contributed by atoms with van der Waals surface area (Å²) in [5, 5.41) is 2.68. The van der Waals surface area contributed by atoms with Gasteiger partial charge in [-0.15, -0.1) is 22.7 Å². The van der Waals surface area contributed by atoms with Crippen molar-refractivity contribution in [1.29, 1.82) is 0 Å². The van der Waals surface area contributed by atoms with E-state index in [2.05, 4.69) is 19.1 Å². The van der Waals surface area contributed by atoms with Crippen LogP contribution in [0.3, 0.4) is 0 Å². The monoisotopic (exact) mass is 497 g/mol. The van der Waals surface area contributed by atoms with E-state index in [9.17, 15) is 13.2 Å². The molecule has 2 aromatic heterocycles. The molecule has 1 amide bonds. The van der Waals surface area contributed by atoms with E-state index in [1.165, 1.54) is 21.2 Å². The van der Waals surface area contributed by atoms with E-state index < -0.39 is 16.1 Å². The number of nitrogens with two attached hydrogens (primary N) is 1. The van der Waals surface area contributed by atoms with Crippen LogP contribution in [0.1, 0.15) is 30.0 Å². The predicted octanol–water partition coefficient (Wildman–Crippen LogP) is 4.96. The van der Waals surface area contributed by atoms with Crippen molar-refractivity contribution in [3.63, 3.8) is 0 Å². The molecule has 0 aliphatic carbocycles. The number of benzene rings is 2. The molecule has 2 N–H and O–H groups in total. The number of carbonyl (C=O) groups is 1. The predicted molar refractivity (Wildman–Crippen MR) is 133 cm³/mol. The van der Waals surface area contributed by atoms with Gasteiger partial charge in [0.05, 0.1) is 16.3 Å². The van der Waals surface area contributed by atoms with Crippen LogP contribution >= 0.6 is 22.7 Å². The minimum atomic E-state index is -3.66. The molecule has 1 saturated heterocycles. The molecule has 6 nitrogen and oxygen atoms in total. The highest BCUT2D eigenvalue weighted by Gasteiger charge is 2.39. The van der Waals surface area contributed by atoms with Crippen LogP contribution in [0.25, 0.3) is 20.8 Å². The lowest BCUT2D eigenvalue weighted by Gasteiger charge is -2.37. The third-order valence-corrected chi connectivity index (χ3v) is 10.4. The number of carbonyl (C=O) groups excluding carboxylic acids is 1. The number of aromatic nitrogens is 1. The minimum Gasteiger partial charge on any atom is -0.369 e. The number of piperidine rings is 1. The molecule has 0 radical (unpaired) electrons. The summed E-state index contributed by atoms with van der Waals surface area (Å²) in [7, 11) is -3.66. The standard InChI is InChI=1S/C24H23N3O3S3/c1-15-4-9-19-21(13-15)32-24(26-19)17-7-5-16(6-8-17)20-14-18(23(25)28)10-11-27(20)33(29,30)22-3-2-12-31-22/h2-9,12-13,18,20H,10-11,14H2,1H3,(H2,25,28). The molecule has 5 rings (SSSR count). The molecule has 2 aromatic carbocycles. The van der Waals surface area contributed by atoms with Gasteiger partial charge in [-0.05, 0) is 54.5 Å². The average Bonchev–Trinajstić information content (AvgIpc) is 3.49. The Morgan fingerprint density at radius 1 is 1.15 bits per heavy atom. The molecular formula is C24H23N3O3S3. The number of thiazole rings is 1. The average molecular weight is 498 g/mol. The van der Waals surface area contributed by atoms with Gasteiger partial charge in [0.2, 0.25) is 5.91 Å². The first-order chi connectivity index (χ1) is 15.8. The molecule has 1 aliphatic rings. The van der Waals surface area contributed by atoms with Gasteiger partial charge in [0.25, 0.3) is 10.0 Å². The Morgan fingerprint density at radius 3 is 2.64 bits per heavy atom. The van der Waals surface area contributed by atoms with Gasteiger partial charge in [-0.25, -0.2) is 13.4 Å². The van der Waals surface area contributed by atoms with E-state index in [0.29, 0.717) is 17.1 Å². The van der Waals surface area contributed by atoms with Gasteiger partial charge in [0, 0.05) is 18.0 Å². The second-order valence-corrected chi connectivity index (χ2v) is 12.4. The molecule has 33 heavy (non-hydrogen) atoms. The Bertz CT molecular complexity index is 1410. The summed E-state index contributed by atoms with van der Waals surface area (Å²) in [5.74, 6) is -0.730. The third kappa shape index (κ3) is 4.21. The van der Waals surface area contributed by atoms with Gasteiger partial charge in [-0.1, -0.05) is 36.4 Å². The quantitative estimate of drug-likeness (QED) is 0.422.